The van der Waals surface area contributed by atoms with Gasteiger partial charge < -0.3 is 0 Å². The molecule has 0 spiro atoms. The monoisotopic (exact) mass is 338 g/mol. The molecular formula is C18H15BrSi. The molecule has 20 heavy (non-hydrogen) atoms. The first kappa shape index (κ1) is 13.6. The van der Waals surface area contributed by atoms with Crippen molar-refractivity contribution in [3.05, 3.63) is 81.3 Å². The van der Waals surface area contributed by atoms with E-state index >= 15 is 0 Å². The van der Waals surface area contributed by atoms with Crippen LogP contribution >= 0.6 is 15.9 Å². The summed E-state index contributed by atoms with van der Waals surface area (Å²) in [5.41, 5.74) is 5.57. The Hall–Kier alpha value is -1.38. The van der Waals surface area contributed by atoms with Gasteiger partial charge in [0.15, 0.2) is 0 Å². The SMILES string of the molecule is CC1=C(c2ccccc2)[Si]C(c2ccc(Br)cc2)=C1C. The van der Waals surface area contributed by atoms with E-state index in [0.717, 1.165) is 14.0 Å². The summed E-state index contributed by atoms with van der Waals surface area (Å²) in [6, 6.07) is 19.4. The van der Waals surface area contributed by atoms with Crippen LogP contribution in [-0.4, -0.2) is 9.52 Å². The van der Waals surface area contributed by atoms with Gasteiger partial charge in [-0.2, -0.15) is 0 Å². The minimum absolute atomic E-state index is 0.747. The molecule has 1 aliphatic heterocycles. The Morgan fingerprint density at radius 1 is 0.700 bits per heavy atom. The molecule has 2 heteroatoms. The number of hydrogen-bond donors (Lipinski definition) is 0. The van der Waals surface area contributed by atoms with E-state index in [4.69, 9.17) is 0 Å². The van der Waals surface area contributed by atoms with Crippen LogP contribution < -0.4 is 0 Å². The van der Waals surface area contributed by atoms with Gasteiger partial charge in [0.25, 0.3) is 0 Å². The zero-order valence-corrected chi connectivity index (χ0v) is 14.2. The van der Waals surface area contributed by atoms with Crippen LogP contribution in [-0.2, 0) is 0 Å². The van der Waals surface area contributed by atoms with Crippen LogP contribution in [0.2, 0.25) is 0 Å². The molecule has 98 valence electrons. The van der Waals surface area contributed by atoms with Gasteiger partial charge >= 0.3 is 0 Å². The van der Waals surface area contributed by atoms with Crippen molar-refractivity contribution < 1.29 is 0 Å². The molecule has 0 saturated heterocycles. The standard InChI is InChI=1S/C18H15BrSi/c1-12-13(2)18(15-8-10-16(19)11-9-15)20-17(12)14-6-4-3-5-7-14/h3-11H,1-2H3. The quantitative estimate of drug-likeness (QED) is 0.649. The fourth-order valence-electron chi connectivity index (χ4n) is 2.49. The summed E-state index contributed by atoms with van der Waals surface area (Å²) in [7, 11) is 0.747. The number of benzene rings is 2. The van der Waals surface area contributed by atoms with Gasteiger partial charge in [0.2, 0.25) is 0 Å². The third kappa shape index (κ3) is 2.46. The normalized spacial score (nSPS) is 15.2. The molecule has 0 atom stereocenters. The zero-order valence-electron chi connectivity index (χ0n) is 11.6. The van der Waals surface area contributed by atoms with Gasteiger partial charge in [0.1, 0.15) is 9.52 Å². The lowest BCUT2D eigenvalue weighted by atomic mass is 10.0. The molecule has 0 aromatic heterocycles. The highest BCUT2D eigenvalue weighted by Gasteiger charge is 2.21. The molecule has 0 bridgehead atoms. The first-order chi connectivity index (χ1) is 9.66. The average molecular weight is 339 g/mol. The van der Waals surface area contributed by atoms with Crippen LogP contribution in [0.4, 0.5) is 0 Å². The van der Waals surface area contributed by atoms with Crippen LogP contribution in [0.15, 0.2) is 70.2 Å². The molecule has 1 aliphatic rings. The molecule has 1 heterocycles. The van der Waals surface area contributed by atoms with E-state index in [1.807, 2.05) is 0 Å². The number of allylic oxidation sites excluding steroid dienone is 2. The number of hydrogen-bond acceptors (Lipinski definition) is 0. The summed E-state index contributed by atoms with van der Waals surface area (Å²) in [6.07, 6.45) is 0. The van der Waals surface area contributed by atoms with E-state index in [0.29, 0.717) is 0 Å². The fraction of sp³-hybridized carbons (Fsp3) is 0.111. The van der Waals surface area contributed by atoms with Crippen molar-refractivity contribution in [1.29, 1.82) is 0 Å². The van der Waals surface area contributed by atoms with Gasteiger partial charge in [0, 0.05) is 4.47 Å². The second kappa shape index (κ2) is 5.55. The fourth-order valence-corrected chi connectivity index (χ4v) is 4.37. The highest BCUT2D eigenvalue weighted by atomic mass is 79.9. The molecule has 2 radical (unpaired) electrons. The summed E-state index contributed by atoms with van der Waals surface area (Å²) in [5.74, 6) is 0. The van der Waals surface area contributed by atoms with E-state index in [1.165, 1.54) is 32.7 Å². The topological polar surface area (TPSA) is 0 Å². The van der Waals surface area contributed by atoms with Crippen LogP contribution in [0, 0.1) is 0 Å². The van der Waals surface area contributed by atoms with E-state index in [2.05, 4.69) is 84.4 Å². The van der Waals surface area contributed by atoms with Crippen LogP contribution in [0.1, 0.15) is 25.0 Å². The van der Waals surface area contributed by atoms with Crippen molar-refractivity contribution in [2.24, 2.45) is 0 Å². The van der Waals surface area contributed by atoms with Crippen molar-refractivity contribution in [2.45, 2.75) is 13.8 Å². The van der Waals surface area contributed by atoms with Gasteiger partial charge in [-0.25, -0.2) is 0 Å². The second-order valence-corrected chi connectivity index (χ2v) is 7.16. The van der Waals surface area contributed by atoms with Gasteiger partial charge in [-0.05, 0) is 58.6 Å². The van der Waals surface area contributed by atoms with Crippen molar-refractivity contribution in [3.8, 4) is 0 Å². The van der Waals surface area contributed by atoms with Gasteiger partial charge in [-0.3, -0.25) is 0 Å². The van der Waals surface area contributed by atoms with Crippen LogP contribution in [0.3, 0.4) is 0 Å². The summed E-state index contributed by atoms with van der Waals surface area (Å²) in [4.78, 5) is 0. The minimum Gasteiger partial charge on any atom is -0.0622 e. The van der Waals surface area contributed by atoms with E-state index < -0.39 is 0 Å². The summed E-state index contributed by atoms with van der Waals surface area (Å²) in [5, 5.41) is 2.97. The van der Waals surface area contributed by atoms with Crippen molar-refractivity contribution >= 4 is 35.8 Å². The van der Waals surface area contributed by atoms with Gasteiger partial charge in [-0.1, -0.05) is 58.4 Å². The molecule has 0 saturated carbocycles. The van der Waals surface area contributed by atoms with E-state index in [-0.39, 0.29) is 0 Å². The molecule has 0 aliphatic carbocycles. The number of halogens is 1. The molecule has 0 fully saturated rings. The Balaban J connectivity index is 1.97. The Morgan fingerprint density at radius 3 is 1.75 bits per heavy atom. The van der Waals surface area contributed by atoms with Crippen molar-refractivity contribution in [3.63, 3.8) is 0 Å². The first-order valence-electron chi connectivity index (χ1n) is 6.67. The molecule has 3 rings (SSSR count). The minimum atomic E-state index is 0.747. The highest BCUT2D eigenvalue weighted by Crippen LogP contribution is 2.37. The maximum absolute atomic E-state index is 3.51. The molecule has 2 aromatic rings. The smallest absolute Gasteiger partial charge is 0.0622 e. The lowest BCUT2D eigenvalue weighted by Gasteiger charge is -2.06. The van der Waals surface area contributed by atoms with Crippen molar-refractivity contribution in [1.82, 2.24) is 0 Å². The maximum Gasteiger partial charge on any atom is 0.123 e. The molecule has 0 nitrogen and oxygen atoms in total. The summed E-state index contributed by atoms with van der Waals surface area (Å²) < 4.78 is 1.13. The second-order valence-electron chi connectivity index (χ2n) is 5.00. The van der Waals surface area contributed by atoms with E-state index in [9.17, 15) is 0 Å². The predicted octanol–water partition coefficient (Wildman–Crippen LogP) is 5.33. The van der Waals surface area contributed by atoms with Gasteiger partial charge in [0.05, 0.1) is 0 Å². The summed E-state index contributed by atoms with van der Waals surface area (Å²) in [6.45, 7) is 4.49. The van der Waals surface area contributed by atoms with Gasteiger partial charge in [-0.15, -0.1) is 0 Å². The Kier molecular flexibility index (Phi) is 3.77. The lowest BCUT2D eigenvalue weighted by molar-refractivity contribution is 1.38. The summed E-state index contributed by atoms with van der Waals surface area (Å²) >= 11 is 3.51. The third-order valence-corrected chi connectivity index (χ3v) is 6.11. The Bertz CT molecular complexity index is 694. The lowest BCUT2D eigenvalue weighted by Crippen LogP contribution is -1.96. The maximum atomic E-state index is 3.51. The Labute approximate surface area is 131 Å². The molecule has 0 unspecified atom stereocenters. The first-order valence-corrected chi connectivity index (χ1v) is 8.46. The average Bonchev–Trinajstić information content (AvgIpc) is 2.77. The van der Waals surface area contributed by atoms with Crippen LogP contribution in [0.25, 0.3) is 10.4 Å². The third-order valence-electron chi connectivity index (χ3n) is 3.76. The van der Waals surface area contributed by atoms with Crippen molar-refractivity contribution in [2.75, 3.05) is 0 Å². The van der Waals surface area contributed by atoms with E-state index in [1.54, 1.807) is 0 Å². The Morgan fingerprint density at radius 2 is 1.20 bits per heavy atom. The zero-order chi connectivity index (χ0) is 14.1. The molecular weight excluding hydrogens is 324 g/mol. The van der Waals surface area contributed by atoms with Crippen LogP contribution in [0.5, 0.6) is 0 Å². The number of rotatable bonds is 2. The molecule has 0 N–H and O–H groups in total. The highest BCUT2D eigenvalue weighted by molar-refractivity contribution is 9.10. The largest absolute Gasteiger partial charge is 0.123 e. The predicted molar refractivity (Wildman–Crippen MR) is 91.5 cm³/mol. The molecule has 0 amide bonds. The molecule has 2 aromatic carbocycles.